The topological polar surface area (TPSA) is 35.8 Å². The third-order valence-electron chi connectivity index (χ3n) is 2.18. The molecule has 0 radical (unpaired) electrons. The molecule has 0 unspecified atom stereocenters. The molecular formula is C12H14ClFN2. The highest BCUT2D eigenvalue weighted by atomic mass is 35.5. The molecule has 0 fully saturated rings. The van der Waals surface area contributed by atoms with E-state index in [0.717, 1.165) is 5.56 Å². The molecule has 1 aromatic carbocycles. The van der Waals surface area contributed by atoms with Crippen LogP contribution in [-0.4, -0.2) is 6.54 Å². The molecule has 0 bridgehead atoms. The van der Waals surface area contributed by atoms with Crippen molar-refractivity contribution in [1.82, 2.24) is 5.32 Å². The van der Waals surface area contributed by atoms with E-state index in [-0.39, 0.29) is 5.02 Å². The van der Waals surface area contributed by atoms with E-state index in [1.54, 1.807) is 6.07 Å². The predicted octanol–water partition coefficient (Wildman–Crippen LogP) is 3.12. The summed E-state index contributed by atoms with van der Waals surface area (Å²) < 4.78 is 13.1. The molecule has 0 atom stereocenters. The van der Waals surface area contributed by atoms with Gasteiger partial charge < -0.3 is 5.32 Å². The van der Waals surface area contributed by atoms with Crippen LogP contribution in [0.15, 0.2) is 18.2 Å². The second-order valence-electron chi connectivity index (χ2n) is 4.35. The van der Waals surface area contributed by atoms with Crippen molar-refractivity contribution < 1.29 is 4.39 Å². The van der Waals surface area contributed by atoms with Crippen LogP contribution in [0.2, 0.25) is 5.02 Å². The van der Waals surface area contributed by atoms with Crippen molar-refractivity contribution in [3.05, 3.63) is 34.6 Å². The summed E-state index contributed by atoms with van der Waals surface area (Å²) in [4.78, 5) is 0. The number of nitrogens with zero attached hydrogens (tertiary/aromatic N) is 1. The molecule has 0 amide bonds. The molecule has 0 aliphatic carbocycles. The number of halogens is 2. The van der Waals surface area contributed by atoms with Crippen LogP contribution in [0.1, 0.15) is 19.4 Å². The highest BCUT2D eigenvalue weighted by Gasteiger charge is 2.15. The standard InChI is InChI=1S/C12H14ClFN2/c1-12(2,7-15)8-16-6-9-3-4-10(13)11(14)5-9/h3-5,16H,6,8H2,1-2H3. The molecule has 1 rings (SSSR count). The van der Waals surface area contributed by atoms with E-state index >= 15 is 0 Å². The van der Waals surface area contributed by atoms with Crippen LogP contribution >= 0.6 is 11.6 Å². The Labute approximate surface area is 100 Å². The fourth-order valence-electron chi connectivity index (χ4n) is 1.21. The maximum absolute atomic E-state index is 13.1. The van der Waals surface area contributed by atoms with E-state index in [1.807, 2.05) is 13.8 Å². The van der Waals surface area contributed by atoms with Gasteiger partial charge in [0.05, 0.1) is 16.5 Å². The SMILES string of the molecule is CC(C)(C#N)CNCc1ccc(Cl)c(F)c1. The third-order valence-corrected chi connectivity index (χ3v) is 2.49. The summed E-state index contributed by atoms with van der Waals surface area (Å²) in [5.41, 5.74) is 0.404. The molecular weight excluding hydrogens is 227 g/mol. The molecule has 0 heterocycles. The second-order valence-corrected chi connectivity index (χ2v) is 4.75. The van der Waals surface area contributed by atoms with E-state index in [4.69, 9.17) is 16.9 Å². The maximum Gasteiger partial charge on any atom is 0.142 e. The van der Waals surface area contributed by atoms with Gasteiger partial charge in [0.1, 0.15) is 5.82 Å². The number of hydrogen-bond acceptors (Lipinski definition) is 2. The normalized spacial score (nSPS) is 11.2. The third kappa shape index (κ3) is 3.80. The van der Waals surface area contributed by atoms with Crippen molar-refractivity contribution in [2.45, 2.75) is 20.4 Å². The first-order chi connectivity index (χ1) is 7.44. The second kappa shape index (κ2) is 5.29. The molecule has 1 aromatic rings. The Morgan fingerprint density at radius 1 is 1.50 bits per heavy atom. The number of benzene rings is 1. The summed E-state index contributed by atoms with van der Waals surface area (Å²) in [5, 5.41) is 12.0. The van der Waals surface area contributed by atoms with Crippen molar-refractivity contribution in [1.29, 1.82) is 5.26 Å². The number of nitrogens with one attached hydrogen (secondary N) is 1. The van der Waals surface area contributed by atoms with Gasteiger partial charge >= 0.3 is 0 Å². The first kappa shape index (κ1) is 13.0. The van der Waals surface area contributed by atoms with E-state index in [2.05, 4.69) is 11.4 Å². The van der Waals surface area contributed by atoms with Gasteiger partial charge in [-0.05, 0) is 31.5 Å². The monoisotopic (exact) mass is 240 g/mol. The van der Waals surface area contributed by atoms with Gasteiger partial charge in [0.15, 0.2) is 0 Å². The molecule has 0 aromatic heterocycles. The minimum Gasteiger partial charge on any atom is -0.311 e. The lowest BCUT2D eigenvalue weighted by molar-refractivity contribution is 0.444. The Morgan fingerprint density at radius 3 is 2.75 bits per heavy atom. The summed E-state index contributed by atoms with van der Waals surface area (Å²) in [7, 11) is 0. The predicted molar refractivity (Wildman–Crippen MR) is 62.5 cm³/mol. The number of hydrogen-bond donors (Lipinski definition) is 1. The Morgan fingerprint density at radius 2 is 2.19 bits per heavy atom. The lowest BCUT2D eigenvalue weighted by Crippen LogP contribution is -2.27. The van der Waals surface area contributed by atoms with Gasteiger partial charge in [-0.1, -0.05) is 17.7 Å². The van der Waals surface area contributed by atoms with Crippen molar-refractivity contribution in [3.63, 3.8) is 0 Å². The van der Waals surface area contributed by atoms with Gasteiger partial charge in [-0.25, -0.2) is 4.39 Å². The molecule has 4 heteroatoms. The van der Waals surface area contributed by atoms with Gasteiger partial charge in [0.2, 0.25) is 0 Å². The van der Waals surface area contributed by atoms with Crippen LogP contribution in [-0.2, 0) is 6.54 Å². The summed E-state index contributed by atoms with van der Waals surface area (Å²) in [5.74, 6) is -0.416. The van der Waals surface area contributed by atoms with Crippen molar-refractivity contribution in [2.24, 2.45) is 5.41 Å². The molecule has 2 nitrogen and oxygen atoms in total. The quantitative estimate of drug-likeness (QED) is 0.878. The summed E-state index contributed by atoms with van der Waals surface area (Å²) in [6, 6.07) is 6.88. The van der Waals surface area contributed by atoms with Crippen LogP contribution in [0.4, 0.5) is 4.39 Å². The van der Waals surface area contributed by atoms with Gasteiger partial charge in [0, 0.05) is 13.1 Å². The molecule has 0 aliphatic rings. The number of rotatable bonds is 4. The highest BCUT2D eigenvalue weighted by molar-refractivity contribution is 6.30. The lowest BCUT2D eigenvalue weighted by Gasteiger charge is -2.15. The van der Waals surface area contributed by atoms with E-state index < -0.39 is 11.2 Å². The van der Waals surface area contributed by atoms with Crippen molar-refractivity contribution in [2.75, 3.05) is 6.54 Å². The molecule has 0 aliphatic heterocycles. The zero-order chi connectivity index (χ0) is 12.2. The summed E-state index contributed by atoms with van der Waals surface area (Å²) in [6.07, 6.45) is 0. The average molecular weight is 241 g/mol. The fraction of sp³-hybridized carbons (Fsp3) is 0.417. The Kier molecular flexibility index (Phi) is 4.28. The lowest BCUT2D eigenvalue weighted by atomic mass is 9.96. The van der Waals surface area contributed by atoms with Crippen molar-refractivity contribution in [3.8, 4) is 6.07 Å². The van der Waals surface area contributed by atoms with Gasteiger partial charge in [0.25, 0.3) is 0 Å². The molecule has 16 heavy (non-hydrogen) atoms. The molecule has 1 N–H and O–H groups in total. The smallest absolute Gasteiger partial charge is 0.142 e. The summed E-state index contributed by atoms with van der Waals surface area (Å²) in [6.45, 7) is 4.79. The zero-order valence-corrected chi connectivity index (χ0v) is 10.1. The van der Waals surface area contributed by atoms with Crippen LogP contribution in [0.3, 0.4) is 0 Å². The van der Waals surface area contributed by atoms with Gasteiger partial charge in [-0.2, -0.15) is 5.26 Å². The Balaban J connectivity index is 2.50. The number of nitriles is 1. The van der Waals surface area contributed by atoms with Crippen LogP contribution in [0.5, 0.6) is 0 Å². The van der Waals surface area contributed by atoms with Crippen molar-refractivity contribution >= 4 is 11.6 Å². The molecule has 0 spiro atoms. The highest BCUT2D eigenvalue weighted by Crippen LogP contribution is 2.16. The van der Waals surface area contributed by atoms with Crippen LogP contribution in [0.25, 0.3) is 0 Å². The largest absolute Gasteiger partial charge is 0.311 e. The molecule has 0 saturated heterocycles. The Bertz CT molecular complexity index is 410. The van der Waals surface area contributed by atoms with Crippen LogP contribution in [0, 0.1) is 22.6 Å². The van der Waals surface area contributed by atoms with E-state index in [9.17, 15) is 4.39 Å². The van der Waals surface area contributed by atoms with Gasteiger partial charge in [-0.3, -0.25) is 0 Å². The van der Waals surface area contributed by atoms with E-state index in [1.165, 1.54) is 12.1 Å². The minimum atomic E-state index is -0.416. The maximum atomic E-state index is 13.1. The Hall–Kier alpha value is -1.11. The minimum absolute atomic E-state index is 0.126. The molecule has 0 saturated carbocycles. The fourth-order valence-corrected chi connectivity index (χ4v) is 1.33. The first-order valence-electron chi connectivity index (χ1n) is 5.00. The van der Waals surface area contributed by atoms with E-state index in [0.29, 0.717) is 13.1 Å². The average Bonchev–Trinajstić information content (AvgIpc) is 2.23. The zero-order valence-electron chi connectivity index (χ0n) is 9.35. The molecule has 86 valence electrons. The van der Waals surface area contributed by atoms with Gasteiger partial charge in [-0.15, -0.1) is 0 Å². The first-order valence-corrected chi connectivity index (χ1v) is 5.38. The van der Waals surface area contributed by atoms with Crippen LogP contribution < -0.4 is 5.32 Å². The summed E-state index contributed by atoms with van der Waals surface area (Å²) >= 11 is 5.57.